The summed E-state index contributed by atoms with van der Waals surface area (Å²) in [6, 6.07) is 20.2. The minimum atomic E-state index is -0.966. The lowest BCUT2D eigenvalue weighted by molar-refractivity contribution is -0.139. The number of carboxylic acid groups (broad SMARTS) is 1. The lowest BCUT2D eigenvalue weighted by atomic mass is 9.82. The number of aromatic nitrogens is 1. The van der Waals surface area contributed by atoms with E-state index in [1.54, 1.807) is 6.20 Å². The molecule has 2 aromatic carbocycles. The largest absolute Gasteiger partial charge is 0.482 e. The summed E-state index contributed by atoms with van der Waals surface area (Å²) in [4.78, 5) is 21.0. The van der Waals surface area contributed by atoms with Gasteiger partial charge in [0.05, 0.1) is 12.6 Å². The van der Waals surface area contributed by atoms with E-state index < -0.39 is 5.97 Å². The fraction of sp³-hybridized carbons (Fsp3) is 0.286. The Morgan fingerprint density at radius 1 is 1.15 bits per heavy atom. The molecule has 0 fully saturated rings. The quantitative estimate of drug-likeness (QED) is 0.238. The average molecular weight is 459 g/mol. The number of nitrogens with one attached hydrogen (secondary N) is 1. The molecule has 176 valence electrons. The highest BCUT2D eigenvalue weighted by Gasteiger charge is 2.21. The number of benzene rings is 2. The number of rotatable bonds is 11. The fourth-order valence-electron chi connectivity index (χ4n) is 4.40. The molecule has 34 heavy (non-hydrogen) atoms. The van der Waals surface area contributed by atoms with Crippen LogP contribution in [0.3, 0.4) is 0 Å². The Balaban J connectivity index is 1.35. The fourth-order valence-corrected chi connectivity index (χ4v) is 4.40. The molecule has 0 amide bonds. The van der Waals surface area contributed by atoms with Crippen molar-refractivity contribution in [3.05, 3.63) is 107 Å². The number of hydrogen-bond donors (Lipinski definition) is 2. The van der Waals surface area contributed by atoms with Gasteiger partial charge in [-0.1, -0.05) is 60.7 Å². The number of fused-ring (bicyclic) bond motifs is 1. The maximum atomic E-state index is 10.9. The molecule has 3 aromatic rings. The van der Waals surface area contributed by atoms with Crippen molar-refractivity contribution in [3.63, 3.8) is 0 Å². The predicted octanol–water partition coefficient (Wildman–Crippen LogP) is 5.03. The van der Waals surface area contributed by atoms with Gasteiger partial charge in [0, 0.05) is 18.3 Å². The summed E-state index contributed by atoms with van der Waals surface area (Å²) in [7, 11) is 0. The van der Waals surface area contributed by atoms with E-state index in [2.05, 4.69) is 40.8 Å². The second-order valence-corrected chi connectivity index (χ2v) is 8.39. The van der Waals surface area contributed by atoms with Gasteiger partial charge < -0.3 is 9.84 Å². The van der Waals surface area contributed by atoms with Crippen molar-refractivity contribution in [3.8, 4) is 5.75 Å². The molecule has 2 N–H and O–H groups in total. The maximum Gasteiger partial charge on any atom is 0.341 e. The van der Waals surface area contributed by atoms with Crippen LogP contribution in [-0.2, 0) is 22.5 Å². The van der Waals surface area contributed by atoms with E-state index >= 15 is 0 Å². The van der Waals surface area contributed by atoms with E-state index in [1.807, 2.05) is 48.7 Å². The Hall–Kier alpha value is -3.48. The second-order valence-electron chi connectivity index (χ2n) is 8.39. The van der Waals surface area contributed by atoms with E-state index in [-0.39, 0.29) is 18.6 Å². The molecule has 2 unspecified atom stereocenters. The zero-order chi connectivity index (χ0) is 23.6. The van der Waals surface area contributed by atoms with Crippen LogP contribution in [0.5, 0.6) is 5.75 Å². The van der Waals surface area contributed by atoms with Crippen LogP contribution in [0.15, 0.2) is 85.2 Å². The van der Waals surface area contributed by atoms with E-state index in [0.717, 1.165) is 36.8 Å². The third-order valence-corrected chi connectivity index (χ3v) is 6.00. The van der Waals surface area contributed by atoms with E-state index in [1.165, 1.54) is 11.1 Å². The molecule has 1 aliphatic carbocycles. The number of carboxylic acids is 1. The zero-order valence-corrected chi connectivity index (χ0v) is 19.1. The summed E-state index contributed by atoms with van der Waals surface area (Å²) in [5.74, 6) is -0.0262. The molecule has 0 saturated heterocycles. The van der Waals surface area contributed by atoms with Crippen LogP contribution in [0.1, 0.15) is 47.1 Å². The minimum Gasteiger partial charge on any atom is -0.482 e. The topological polar surface area (TPSA) is 80.7 Å². The lowest BCUT2D eigenvalue weighted by Crippen LogP contribution is -2.24. The van der Waals surface area contributed by atoms with Crippen LogP contribution < -0.4 is 10.2 Å². The van der Waals surface area contributed by atoms with Crippen molar-refractivity contribution < 1.29 is 19.5 Å². The number of ether oxygens (including phenoxy) is 1. The van der Waals surface area contributed by atoms with Crippen molar-refractivity contribution in [1.29, 1.82) is 0 Å². The van der Waals surface area contributed by atoms with Gasteiger partial charge in [-0.25, -0.2) is 4.79 Å². The zero-order valence-electron chi connectivity index (χ0n) is 19.1. The molecular formula is C28H30N2O4. The first-order valence-corrected chi connectivity index (χ1v) is 11.6. The summed E-state index contributed by atoms with van der Waals surface area (Å²) >= 11 is 0. The first-order chi connectivity index (χ1) is 16.7. The highest BCUT2D eigenvalue weighted by Crippen LogP contribution is 2.37. The van der Waals surface area contributed by atoms with Gasteiger partial charge >= 0.3 is 5.97 Å². The molecule has 0 aliphatic heterocycles. The molecule has 6 nitrogen and oxygen atoms in total. The van der Waals surface area contributed by atoms with E-state index in [4.69, 9.17) is 14.7 Å². The summed E-state index contributed by atoms with van der Waals surface area (Å²) in [5, 5.41) is 8.93. The van der Waals surface area contributed by atoms with Crippen LogP contribution in [0.25, 0.3) is 0 Å². The molecular weight excluding hydrogens is 428 g/mol. The number of carbonyl (C=O) groups is 1. The standard InChI is InChI=1S/C28H30N2O4/c31-28(32)20-33-27-15-5-13-24-22(10-4-14-25(24)27)12-7-17-34-30-26(23-11-6-16-29-19-23)18-21-8-2-1-3-9-21/h1-3,5-9,11-13,15-16,19,22,26,30H,4,10,14,17-18,20H2,(H,31,32). The maximum absolute atomic E-state index is 10.9. The number of allylic oxidation sites excluding steroid dienone is 1. The smallest absolute Gasteiger partial charge is 0.341 e. The van der Waals surface area contributed by atoms with Crippen LogP contribution >= 0.6 is 0 Å². The van der Waals surface area contributed by atoms with Crippen molar-refractivity contribution in [2.75, 3.05) is 13.2 Å². The number of hydroxylamine groups is 1. The monoisotopic (exact) mass is 458 g/mol. The third kappa shape index (κ3) is 6.53. The highest BCUT2D eigenvalue weighted by atomic mass is 16.6. The molecule has 6 heteroatoms. The summed E-state index contributed by atoms with van der Waals surface area (Å²) in [5.41, 5.74) is 7.83. The summed E-state index contributed by atoms with van der Waals surface area (Å²) in [6.45, 7) is 0.115. The molecule has 1 aliphatic rings. The number of aliphatic carboxylic acids is 1. The Labute approximate surface area is 200 Å². The highest BCUT2D eigenvalue weighted by molar-refractivity contribution is 5.68. The van der Waals surface area contributed by atoms with Crippen molar-refractivity contribution in [1.82, 2.24) is 10.5 Å². The molecule has 0 radical (unpaired) electrons. The van der Waals surface area contributed by atoms with Crippen molar-refractivity contribution in [2.45, 2.75) is 37.6 Å². The summed E-state index contributed by atoms with van der Waals surface area (Å²) in [6.07, 6.45) is 11.6. The summed E-state index contributed by atoms with van der Waals surface area (Å²) < 4.78 is 5.51. The minimum absolute atomic E-state index is 0.00570. The van der Waals surface area contributed by atoms with Crippen LogP contribution in [-0.4, -0.2) is 29.3 Å². The van der Waals surface area contributed by atoms with Crippen LogP contribution in [0.4, 0.5) is 0 Å². The van der Waals surface area contributed by atoms with Gasteiger partial charge in [-0.05, 0) is 60.1 Å². The van der Waals surface area contributed by atoms with Gasteiger partial charge in [0.25, 0.3) is 0 Å². The molecule has 0 spiro atoms. The lowest BCUT2D eigenvalue weighted by Gasteiger charge is -2.25. The Bertz CT molecular complexity index is 1090. The van der Waals surface area contributed by atoms with Crippen LogP contribution in [0.2, 0.25) is 0 Å². The third-order valence-electron chi connectivity index (χ3n) is 6.00. The predicted molar refractivity (Wildman–Crippen MR) is 131 cm³/mol. The average Bonchev–Trinajstić information content (AvgIpc) is 2.87. The van der Waals surface area contributed by atoms with Gasteiger partial charge in [0.1, 0.15) is 5.75 Å². The molecule has 1 heterocycles. The Morgan fingerprint density at radius 2 is 2.03 bits per heavy atom. The Morgan fingerprint density at radius 3 is 2.82 bits per heavy atom. The molecule has 0 saturated carbocycles. The van der Waals surface area contributed by atoms with Gasteiger partial charge in [-0.2, -0.15) is 5.48 Å². The molecule has 4 rings (SSSR count). The van der Waals surface area contributed by atoms with Gasteiger partial charge in [-0.3, -0.25) is 9.82 Å². The van der Waals surface area contributed by atoms with Crippen molar-refractivity contribution >= 4 is 5.97 Å². The SMILES string of the molecule is O=C(O)COc1cccc2c1CCCC2C=CCONC(Cc1ccccc1)c1cccnc1. The first-order valence-electron chi connectivity index (χ1n) is 11.6. The van der Waals surface area contributed by atoms with Crippen molar-refractivity contribution in [2.24, 2.45) is 0 Å². The van der Waals surface area contributed by atoms with Gasteiger partial charge in [0.2, 0.25) is 0 Å². The Kier molecular flexibility index (Phi) is 8.43. The number of hydrogen-bond acceptors (Lipinski definition) is 5. The molecule has 0 bridgehead atoms. The van der Waals surface area contributed by atoms with Crippen LogP contribution in [0, 0.1) is 0 Å². The normalized spacial score (nSPS) is 16.2. The van der Waals surface area contributed by atoms with E-state index in [0.29, 0.717) is 12.4 Å². The molecule has 2 atom stereocenters. The number of pyridine rings is 1. The number of nitrogens with zero attached hydrogens (tertiary/aromatic N) is 1. The first kappa shape index (κ1) is 23.7. The van der Waals surface area contributed by atoms with Gasteiger partial charge in [0.15, 0.2) is 6.61 Å². The van der Waals surface area contributed by atoms with Gasteiger partial charge in [-0.15, -0.1) is 0 Å². The molecule has 1 aromatic heterocycles. The van der Waals surface area contributed by atoms with E-state index in [9.17, 15) is 4.79 Å². The second kappa shape index (κ2) is 12.1.